The molecular weight excluding hydrogens is 312 g/mol. The molecule has 1 aromatic carbocycles. The lowest BCUT2D eigenvalue weighted by molar-refractivity contribution is 0.00229. The third-order valence-electron chi connectivity index (χ3n) is 3.61. The van der Waals surface area contributed by atoms with Gasteiger partial charge in [-0.15, -0.1) is 0 Å². The molecule has 1 aliphatic heterocycles. The third-order valence-corrected chi connectivity index (χ3v) is 3.61. The van der Waals surface area contributed by atoms with Crippen LogP contribution in [0, 0.1) is 5.41 Å². The predicted octanol–water partition coefficient (Wildman–Crippen LogP) is 3.86. The molecule has 0 aromatic heterocycles. The van der Waals surface area contributed by atoms with Crippen LogP contribution in [0.5, 0.6) is 0 Å². The van der Waals surface area contributed by atoms with E-state index in [9.17, 15) is 5.21 Å². The highest BCUT2D eigenvalue weighted by Crippen LogP contribution is 2.15. The van der Waals surface area contributed by atoms with Crippen molar-refractivity contribution in [2.45, 2.75) is 0 Å². The van der Waals surface area contributed by atoms with E-state index in [-0.39, 0.29) is 0 Å². The summed E-state index contributed by atoms with van der Waals surface area (Å²) in [5.74, 6) is 0. The first-order valence-electron chi connectivity index (χ1n) is 7.74. The molecule has 0 fully saturated rings. The first-order chi connectivity index (χ1) is 12.1. The van der Waals surface area contributed by atoms with E-state index in [1.807, 2.05) is 54.6 Å². The number of nitrogens with zero attached hydrogens (tertiary/aromatic N) is 2. The number of anilines is 1. The quantitative estimate of drug-likeness (QED) is 0.736. The van der Waals surface area contributed by atoms with Gasteiger partial charge < -0.3 is 11.1 Å². The number of nitrogen functional groups attached to an aromatic ring is 1. The zero-order valence-electron chi connectivity index (χ0n) is 13.5. The molecule has 3 rings (SSSR count). The van der Waals surface area contributed by atoms with Crippen molar-refractivity contribution in [2.24, 2.45) is 4.99 Å². The smallest absolute Gasteiger partial charge is 0.0869 e. The fourth-order valence-electron chi connectivity index (χ4n) is 2.20. The number of aliphatic imine (C=N–C) groups is 1. The van der Waals surface area contributed by atoms with Gasteiger partial charge in [-0.1, -0.05) is 36.4 Å². The number of allylic oxidation sites excluding steroid dienone is 9. The summed E-state index contributed by atoms with van der Waals surface area (Å²) >= 11 is 0. The molecule has 1 heterocycles. The van der Waals surface area contributed by atoms with Gasteiger partial charge in [0.25, 0.3) is 0 Å². The van der Waals surface area contributed by atoms with Crippen LogP contribution in [0.4, 0.5) is 5.69 Å². The van der Waals surface area contributed by atoms with Crippen LogP contribution in [0.15, 0.2) is 95.0 Å². The van der Waals surface area contributed by atoms with Gasteiger partial charge in [-0.2, -0.15) is 0 Å². The van der Waals surface area contributed by atoms with Crippen molar-refractivity contribution in [3.8, 4) is 0 Å². The number of rotatable bonds is 3. The second-order valence-corrected chi connectivity index (χ2v) is 5.54. The Hall–Kier alpha value is -3.44. The Bertz CT molecular complexity index is 863. The molecule has 2 aliphatic rings. The summed E-state index contributed by atoms with van der Waals surface area (Å²) in [6, 6.07) is 7.50. The van der Waals surface area contributed by atoms with Crippen LogP contribution in [-0.4, -0.2) is 22.2 Å². The van der Waals surface area contributed by atoms with Crippen molar-refractivity contribution in [2.75, 3.05) is 5.73 Å². The van der Waals surface area contributed by atoms with Crippen molar-refractivity contribution < 1.29 is 5.21 Å². The Morgan fingerprint density at radius 2 is 1.72 bits per heavy atom. The maximum atomic E-state index is 10.1. The summed E-state index contributed by atoms with van der Waals surface area (Å²) in [5, 5.41) is 18.6. The van der Waals surface area contributed by atoms with E-state index in [2.05, 4.69) is 4.99 Å². The molecule has 4 N–H and O–H groups in total. The van der Waals surface area contributed by atoms with Crippen LogP contribution in [0.1, 0.15) is 5.56 Å². The lowest BCUT2D eigenvalue weighted by Crippen LogP contribution is -2.16. The molecule has 0 radical (unpaired) electrons. The predicted molar refractivity (Wildman–Crippen MR) is 102 cm³/mol. The van der Waals surface area contributed by atoms with E-state index in [1.54, 1.807) is 30.6 Å². The molecule has 124 valence electrons. The van der Waals surface area contributed by atoms with Crippen LogP contribution in [-0.2, 0) is 0 Å². The number of nitrogens with one attached hydrogen (secondary N) is 1. The summed E-state index contributed by atoms with van der Waals surface area (Å²) < 4.78 is 0. The molecule has 1 aliphatic carbocycles. The SMILES string of the molecule is N=C1C=CC(=CC=C2C=NC(C=Cc3ccc(N)cc3)=CN2O)C=C1. The van der Waals surface area contributed by atoms with Crippen molar-refractivity contribution in [1.82, 2.24) is 5.06 Å². The van der Waals surface area contributed by atoms with E-state index in [1.165, 1.54) is 0 Å². The van der Waals surface area contributed by atoms with Gasteiger partial charge in [0, 0.05) is 5.69 Å². The van der Waals surface area contributed by atoms with Crippen LogP contribution in [0.3, 0.4) is 0 Å². The summed E-state index contributed by atoms with van der Waals surface area (Å²) in [7, 11) is 0. The highest BCUT2D eigenvalue weighted by atomic mass is 16.5. The van der Waals surface area contributed by atoms with Gasteiger partial charge in [0.05, 0.1) is 29.5 Å². The average Bonchev–Trinajstić information content (AvgIpc) is 2.62. The second-order valence-electron chi connectivity index (χ2n) is 5.54. The largest absolute Gasteiger partial charge is 0.399 e. The Kier molecular flexibility index (Phi) is 4.87. The highest BCUT2D eigenvalue weighted by molar-refractivity contribution is 6.03. The molecule has 0 spiro atoms. The van der Waals surface area contributed by atoms with Crippen molar-refractivity contribution in [1.29, 1.82) is 5.41 Å². The monoisotopic (exact) mass is 330 g/mol. The van der Waals surface area contributed by atoms with E-state index >= 15 is 0 Å². The first kappa shape index (κ1) is 16.4. The lowest BCUT2D eigenvalue weighted by Gasteiger charge is -2.16. The Balaban J connectivity index is 1.68. The Labute approximate surface area is 146 Å². The Morgan fingerprint density at radius 1 is 1.00 bits per heavy atom. The molecule has 0 unspecified atom stereocenters. The number of nitrogens with two attached hydrogens (primary N) is 1. The van der Waals surface area contributed by atoms with Crippen LogP contribution in [0.25, 0.3) is 6.08 Å². The molecule has 25 heavy (non-hydrogen) atoms. The molecule has 5 nitrogen and oxygen atoms in total. The standard InChI is InChI=1S/C20H18N4O/c21-17-7-1-15(2-8-17)5-11-19-14-24(25)20(13-23-19)12-6-16-3-9-18(22)10-4-16/h1-14,22,25H,21H2. The zero-order chi connectivity index (χ0) is 17.6. The fourth-order valence-corrected chi connectivity index (χ4v) is 2.20. The first-order valence-corrected chi connectivity index (χ1v) is 7.74. The number of benzene rings is 1. The van der Waals surface area contributed by atoms with E-state index in [0.717, 1.165) is 21.9 Å². The summed E-state index contributed by atoms with van der Waals surface area (Å²) in [6.45, 7) is 0. The summed E-state index contributed by atoms with van der Waals surface area (Å²) in [4.78, 5) is 4.32. The van der Waals surface area contributed by atoms with Gasteiger partial charge in [0.1, 0.15) is 0 Å². The number of hydroxylamine groups is 2. The van der Waals surface area contributed by atoms with Crippen LogP contribution >= 0.6 is 0 Å². The normalized spacial score (nSPS) is 18.4. The summed E-state index contributed by atoms with van der Waals surface area (Å²) in [6.07, 6.45) is 17.6. The van der Waals surface area contributed by atoms with Crippen molar-refractivity contribution in [3.05, 3.63) is 95.5 Å². The van der Waals surface area contributed by atoms with Gasteiger partial charge in [-0.05, 0) is 47.6 Å². The van der Waals surface area contributed by atoms with Gasteiger partial charge in [0.15, 0.2) is 0 Å². The lowest BCUT2D eigenvalue weighted by atomic mass is 10.1. The minimum Gasteiger partial charge on any atom is -0.399 e. The van der Waals surface area contributed by atoms with E-state index < -0.39 is 0 Å². The van der Waals surface area contributed by atoms with Crippen LogP contribution in [0.2, 0.25) is 0 Å². The van der Waals surface area contributed by atoms with Crippen molar-refractivity contribution >= 4 is 23.7 Å². The minimum atomic E-state index is 0.466. The maximum absolute atomic E-state index is 10.1. The summed E-state index contributed by atoms with van der Waals surface area (Å²) in [5.41, 5.74) is 9.98. The third kappa shape index (κ3) is 4.53. The molecule has 0 atom stereocenters. The highest BCUT2D eigenvalue weighted by Gasteiger charge is 2.07. The number of hydrogen-bond acceptors (Lipinski definition) is 5. The minimum absolute atomic E-state index is 0.466. The molecule has 1 aromatic rings. The zero-order valence-corrected chi connectivity index (χ0v) is 13.5. The fraction of sp³-hybridized carbons (Fsp3) is 0. The molecule has 0 saturated heterocycles. The molecule has 0 amide bonds. The van der Waals surface area contributed by atoms with Gasteiger partial charge in [-0.3, -0.25) is 10.2 Å². The Morgan fingerprint density at radius 3 is 2.40 bits per heavy atom. The van der Waals surface area contributed by atoms with E-state index in [0.29, 0.717) is 17.1 Å². The molecule has 5 heteroatoms. The molecule has 0 saturated carbocycles. The average molecular weight is 330 g/mol. The van der Waals surface area contributed by atoms with Crippen LogP contribution < -0.4 is 5.73 Å². The number of hydrogen-bond donors (Lipinski definition) is 3. The topological polar surface area (TPSA) is 85.7 Å². The molecule has 0 bridgehead atoms. The van der Waals surface area contributed by atoms with Crippen molar-refractivity contribution in [3.63, 3.8) is 0 Å². The van der Waals surface area contributed by atoms with Gasteiger partial charge in [-0.25, -0.2) is 5.06 Å². The van der Waals surface area contributed by atoms with Gasteiger partial charge >= 0.3 is 0 Å². The molecular formula is C20H18N4O. The maximum Gasteiger partial charge on any atom is 0.0869 e. The van der Waals surface area contributed by atoms with E-state index in [4.69, 9.17) is 11.1 Å². The van der Waals surface area contributed by atoms with Gasteiger partial charge in [0.2, 0.25) is 0 Å². The second kappa shape index (κ2) is 7.42.